The van der Waals surface area contributed by atoms with Gasteiger partial charge in [0.1, 0.15) is 6.61 Å². The molecule has 1 rings (SSSR count). The molecule has 0 aromatic rings. The topological polar surface area (TPSA) is 65.1 Å². The van der Waals surface area contributed by atoms with Crippen LogP contribution in [0.25, 0.3) is 0 Å². The summed E-state index contributed by atoms with van der Waals surface area (Å²) in [5, 5.41) is 0. The summed E-state index contributed by atoms with van der Waals surface area (Å²) in [6.45, 7) is 18.5. The molecule has 1 saturated heterocycles. The minimum Gasteiger partial charge on any atom is -0.463 e. The molecule has 0 N–H and O–H groups in total. The number of hydrogen-bond acceptors (Lipinski definition) is 5. The Morgan fingerprint density at radius 2 is 1.93 bits per heavy atom. The van der Waals surface area contributed by atoms with Gasteiger partial charge in [-0.3, -0.25) is 4.90 Å². The lowest BCUT2D eigenvalue weighted by Gasteiger charge is -2.37. The highest BCUT2D eigenvalue weighted by Gasteiger charge is 2.51. The van der Waals surface area contributed by atoms with Crippen molar-refractivity contribution in [2.45, 2.75) is 59.9 Å². The first-order valence-electron chi connectivity index (χ1n) is 9.56. The van der Waals surface area contributed by atoms with E-state index in [-0.39, 0.29) is 17.9 Å². The van der Waals surface area contributed by atoms with Gasteiger partial charge in [0.2, 0.25) is 0 Å². The molecule has 0 aliphatic carbocycles. The summed E-state index contributed by atoms with van der Waals surface area (Å²) in [5.41, 5.74) is -0.581. The zero-order valence-electron chi connectivity index (χ0n) is 17.8. The molecule has 7 heteroatoms. The normalized spacial score (nSPS) is 23.5. The minimum atomic E-state index is -1.55. The Balaban J connectivity index is 3.38. The molecule has 0 radical (unpaired) electrons. The molecule has 0 unspecified atom stereocenters. The van der Waals surface area contributed by atoms with Crippen LogP contribution in [0.1, 0.15) is 41.0 Å². The van der Waals surface area contributed by atoms with Crippen LogP contribution in [0.3, 0.4) is 0 Å². The van der Waals surface area contributed by atoms with Gasteiger partial charge in [0.15, 0.2) is 14.8 Å². The quantitative estimate of drug-likeness (QED) is 0.282. The number of rotatable bonds is 7. The molecular weight excluding hydrogens is 362 g/mol. The van der Waals surface area contributed by atoms with Gasteiger partial charge in [-0.15, -0.1) is 0 Å². The minimum absolute atomic E-state index is 0.0215. The molecule has 0 aromatic carbocycles. The van der Waals surface area contributed by atoms with Crippen LogP contribution in [0, 0.1) is 11.3 Å². The molecule has 0 bridgehead atoms. The third-order valence-electron chi connectivity index (χ3n) is 4.65. The summed E-state index contributed by atoms with van der Waals surface area (Å²) in [6, 6.07) is 0. The monoisotopic (exact) mass is 397 g/mol. The van der Waals surface area contributed by atoms with Crippen molar-refractivity contribution in [1.29, 1.82) is 0 Å². The molecule has 1 fully saturated rings. The average molecular weight is 398 g/mol. The van der Waals surface area contributed by atoms with Gasteiger partial charge in [0, 0.05) is 18.5 Å². The number of likely N-dealkylation sites (tertiary alicyclic amines) is 1. The van der Waals surface area contributed by atoms with E-state index in [0.29, 0.717) is 25.1 Å². The Kier molecular flexibility index (Phi) is 8.29. The Morgan fingerprint density at radius 1 is 1.30 bits per heavy atom. The number of nitrogens with zero attached hydrogens (tertiary/aromatic N) is 1. The molecule has 6 nitrogen and oxygen atoms in total. The van der Waals surface area contributed by atoms with Crippen LogP contribution in [-0.4, -0.2) is 51.5 Å². The molecule has 1 heterocycles. The number of esters is 1. The highest BCUT2D eigenvalue weighted by molar-refractivity contribution is 6.48. The lowest BCUT2D eigenvalue weighted by atomic mass is 9.79. The second kappa shape index (κ2) is 9.55. The fourth-order valence-electron chi connectivity index (χ4n) is 3.25. The lowest BCUT2D eigenvalue weighted by Crippen LogP contribution is -2.50. The van der Waals surface area contributed by atoms with E-state index in [1.165, 1.54) is 6.08 Å². The molecule has 1 amide bonds. The average Bonchev–Trinajstić information content (AvgIpc) is 2.91. The van der Waals surface area contributed by atoms with Crippen molar-refractivity contribution in [2.24, 2.45) is 11.3 Å². The molecule has 27 heavy (non-hydrogen) atoms. The first-order chi connectivity index (χ1) is 12.5. The molecule has 0 spiro atoms. The van der Waals surface area contributed by atoms with E-state index in [1.54, 1.807) is 24.8 Å². The van der Waals surface area contributed by atoms with E-state index >= 15 is 0 Å². The first kappa shape index (κ1) is 23.4. The Bertz CT molecular complexity index is 581. The van der Waals surface area contributed by atoms with Gasteiger partial charge in [-0.1, -0.05) is 33.4 Å². The predicted octanol–water partition coefficient (Wildman–Crippen LogP) is 3.88. The number of ether oxygens (including phenoxy) is 2. The first-order valence-corrected chi connectivity index (χ1v) is 12.3. The summed E-state index contributed by atoms with van der Waals surface area (Å²) in [5.74, 6) is -0.197. The van der Waals surface area contributed by atoms with Crippen molar-refractivity contribution >= 4 is 21.1 Å². The van der Waals surface area contributed by atoms with Crippen LogP contribution in [0.15, 0.2) is 24.3 Å². The van der Waals surface area contributed by atoms with Gasteiger partial charge in [-0.25, -0.2) is 9.59 Å². The lowest BCUT2D eigenvalue weighted by molar-refractivity contribution is -0.138. The smallest absolute Gasteiger partial charge is 0.412 e. The van der Waals surface area contributed by atoms with Crippen LogP contribution < -0.4 is 0 Å². The van der Waals surface area contributed by atoms with Gasteiger partial charge in [-0.2, -0.15) is 0 Å². The molecule has 1 aliphatic rings. The summed E-state index contributed by atoms with van der Waals surface area (Å²) >= 11 is 0. The van der Waals surface area contributed by atoms with Crippen LogP contribution >= 0.6 is 0 Å². The van der Waals surface area contributed by atoms with E-state index in [9.17, 15) is 9.59 Å². The standard InChI is InChI=1S/C20H35NO5Si/c1-9-11-25-18(23)21-14-16(19(4,5)6)13-20(21,26-27(7)8)12-15(3)17(22)24-10-2/h9,12,16,27H,1,10-11,13-14H2,2-8H3/t16-,20+/m0/s1. The van der Waals surface area contributed by atoms with Crippen molar-refractivity contribution in [3.63, 3.8) is 0 Å². The maximum atomic E-state index is 12.8. The van der Waals surface area contributed by atoms with E-state index in [1.807, 2.05) is 13.1 Å². The molecular formula is C20H35NO5Si. The highest BCUT2D eigenvalue weighted by Crippen LogP contribution is 2.44. The zero-order valence-corrected chi connectivity index (χ0v) is 19.0. The summed E-state index contributed by atoms with van der Waals surface area (Å²) < 4.78 is 16.8. The summed E-state index contributed by atoms with van der Waals surface area (Å²) in [4.78, 5) is 26.6. The van der Waals surface area contributed by atoms with Crippen molar-refractivity contribution in [2.75, 3.05) is 19.8 Å². The van der Waals surface area contributed by atoms with Crippen molar-refractivity contribution in [3.8, 4) is 0 Å². The van der Waals surface area contributed by atoms with Gasteiger partial charge >= 0.3 is 12.1 Å². The van der Waals surface area contributed by atoms with Gasteiger partial charge < -0.3 is 13.9 Å². The SMILES string of the molecule is C=CCOC(=O)N1C[C@@H](C(C)(C)C)C[C@@]1(C=C(C)C(=O)OCC)O[SiH](C)C. The Hall–Kier alpha value is -1.60. The Labute approximate surface area is 165 Å². The molecule has 154 valence electrons. The van der Waals surface area contributed by atoms with Crippen molar-refractivity contribution < 1.29 is 23.5 Å². The highest BCUT2D eigenvalue weighted by atomic mass is 28.3. The van der Waals surface area contributed by atoms with E-state index < -0.39 is 26.8 Å². The van der Waals surface area contributed by atoms with E-state index in [2.05, 4.69) is 27.4 Å². The summed E-state index contributed by atoms with van der Waals surface area (Å²) in [7, 11) is -1.55. The fraction of sp³-hybridized carbons (Fsp3) is 0.700. The number of hydrogen-bond donors (Lipinski definition) is 0. The third-order valence-corrected chi connectivity index (χ3v) is 5.53. The van der Waals surface area contributed by atoms with E-state index in [0.717, 1.165) is 0 Å². The second-order valence-electron chi connectivity index (χ2n) is 8.30. The van der Waals surface area contributed by atoms with Crippen LogP contribution in [0.5, 0.6) is 0 Å². The van der Waals surface area contributed by atoms with Crippen LogP contribution in [-0.2, 0) is 18.7 Å². The number of carbonyl (C=O) groups excluding carboxylic acids is 2. The Morgan fingerprint density at radius 3 is 2.41 bits per heavy atom. The van der Waals surface area contributed by atoms with Gasteiger partial charge in [-0.05, 0) is 44.4 Å². The third kappa shape index (κ3) is 6.21. The molecule has 0 aromatic heterocycles. The van der Waals surface area contributed by atoms with Gasteiger partial charge in [0.25, 0.3) is 0 Å². The van der Waals surface area contributed by atoms with Crippen molar-refractivity contribution in [1.82, 2.24) is 4.90 Å². The molecule has 0 saturated carbocycles. The fourth-order valence-corrected chi connectivity index (χ4v) is 4.36. The largest absolute Gasteiger partial charge is 0.463 e. The van der Waals surface area contributed by atoms with Crippen LogP contribution in [0.2, 0.25) is 13.1 Å². The number of amides is 1. The number of carbonyl (C=O) groups is 2. The second-order valence-corrected chi connectivity index (χ2v) is 10.6. The maximum Gasteiger partial charge on any atom is 0.412 e. The maximum absolute atomic E-state index is 12.8. The van der Waals surface area contributed by atoms with E-state index in [4.69, 9.17) is 13.9 Å². The molecule has 2 atom stereocenters. The molecule has 1 aliphatic heterocycles. The van der Waals surface area contributed by atoms with Crippen LogP contribution in [0.4, 0.5) is 4.79 Å². The predicted molar refractivity (Wildman–Crippen MR) is 109 cm³/mol. The zero-order chi connectivity index (χ0) is 20.8. The van der Waals surface area contributed by atoms with Gasteiger partial charge in [0.05, 0.1) is 6.61 Å². The summed E-state index contributed by atoms with van der Waals surface area (Å²) in [6.07, 6.45) is 3.44. The van der Waals surface area contributed by atoms with Crippen molar-refractivity contribution in [3.05, 3.63) is 24.3 Å².